The first kappa shape index (κ1) is 14.0. The highest BCUT2D eigenvalue weighted by molar-refractivity contribution is 6.32. The molecule has 1 unspecified atom stereocenters. The predicted octanol–water partition coefficient (Wildman–Crippen LogP) is 1.93. The quantitative estimate of drug-likeness (QED) is 0.760. The molecule has 0 aliphatic carbocycles. The molecule has 0 aliphatic heterocycles. The van der Waals surface area contributed by atoms with Gasteiger partial charge < -0.3 is 14.6 Å². The van der Waals surface area contributed by atoms with Crippen molar-refractivity contribution in [2.75, 3.05) is 19.8 Å². The number of carbonyl (C=O) groups is 1. The molecule has 0 fully saturated rings. The standard InChI is InChI=1S/C12H15ClO4/c1-2-16-7-10(15)8-17-12-9(6-14)4-3-5-11(12)13/h3-6,10,15H,2,7-8H2,1H3. The van der Waals surface area contributed by atoms with Crippen LogP contribution < -0.4 is 4.74 Å². The first-order valence-electron chi connectivity index (χ1n) is 5.31. The molecule has 0 bridgehead atoms. The van der Waals surface area contributed by atoms with E-state index in [4.69, 9.17) is 21.1 Å². The van der Waals surface area contributed by atoms with E-state index in [1.807, 2.05) is 6.92 Å². The van der Waals surface area contributed by atoms with Crippen LogP contribution in [0, 0.1) is 0 Å². The minimum Gasteiger partial charge on any atom is -0.488 e. The molecule has 0 amide bonds. The van der Waals surface area contributed by atoms with Gasteiger partial charge in [-0.2, -0.15) is 0 Å². The molecule has 0 radical (unpaired) electrons. The number of aliphatic hydroxyl groups excluding tert-OH is 1. The third-order valence-corrected chi connectivity index (χ3v) is 2.36. The number of para-hydroxylation sites is 1. The minimum atomic E-state index is -0.745. The summed E-state index contributed by atoms with van der Waals surface area (Å²) in [6.07, 6.45) is -0.0819. The van der Waals surface area contributed by atoms with E-state index in [1.165, 1.54) is 0 Å². The molecule has 94 valence electrons. The van der Waals surface area contributed by atoms with Crippen molar-refractivity contribution in [3.8, 4) is 5.75 Å². The maximum absolute atomic E-state index is 10.8. The van der Waals surface area contributed by atoms with E-state index in [-0.39, 0.29) is 13.2 Å². The monoisotopic (exact) mass is 258 g/mol. The van der Waals surface area contributed by atoms with Crippen LogP contribution in [0.1, 0.15) is 17.3 Å². The first-order chi connectivity index (χ1) is 8.19. The predicted molar refractivity (Wildman–Crippen MR) is 64.8 cm³/mol. The second kappa shape index (κ2) is 7.27. The Kier molecular flexibility index (Phi) is 5.97. The fraction of sp³-hybridized carbons (Fsp3) is 0.417. The van der Waals surface area contributed by atoms with Gasteiger partial charge in [-0.15, -0.1) is 0 Å². The lowest BCUT2D eigenvalue weighted by molar-refractivity contribution is 0.0163. The summed E-state index contributed by atoms with van der Waals surface area (Å²) in [6.45, 7) is 2.59. The van der Waals surface area contributed by atoms with Crippen LogP contribution in [-0.2, 0) is 4.74 Å². The SMILES string of the molecule is CCOCC(O)COc1c(Cl)cccc1C=O. The lowest BCUT2D eigenvalue weighted by Gasteiger charge is -2.14. The van der Waals surface area contributed by atoms with Gasteiger partial charge in [0.2, 0.25) is 0 Å². The molecule has 5 heteroatoms. The summed E-state index contributed by atoms with van der Waals surface area (Å²) in [6, 6.07) is 4.89. The third kappa shape index (κ3) is 4.34. The normalized spacial score (nSPS) is 12.2. The van der Waals surface area contributed by atoms with Crippen molar-refractivity contribution in [3.63, 3.8) is 0 Å². The Hall–Kier alpha value is -1.10. The molecule has 1 aromatic rings. The molecule has 1 aromatic carbocycles. The molecular formula is C12H15ClO4. The Morgan fingerprint density at radius 2 is 2.24 bits per heavy atom. The number of aliphatic hydroxyl groups is 1. The van der Waals surface area contributed by atoms with Crippen molar-refractivity contribution in [1.82, 2.24) is 0 Å². The maximum atomic E-state index is 10.8. The lowest BCUT2D eigenvalue weighted by atomic mass is 10.2. The maximum Gasteiger partial charge on any atom is 0.153 e. The van der Waals surface area contributed by atoms with Gasteiger partial charge in [-0.3, -0.25) is 4.79 Å². The Morgan fingerprint density at radius 1 is 1.47 bits per heavy atom. The highest BCUT2D eigenvalue weighted by atomic mass is 35.5. The van der Waals surface area contributed by atoms with Crippen molar-refractivity contribution in [2.24, 2.45) is 0 Å². The number of ether oxygens (including phenoxy) is 2. The second-order valence-corrected chi connectivity index (χ2v) is 3.81. The number of halogens is 1. The highest BCUT2D eigenvalue weighted by Crippen LogP contribution is 2.27. The number of hydrogen-bond donors (Lipinski definition) is 1. The molecule has 0 aliphatic rings. The first-order valence-corrected chi connectivity index (χ1v) is 5.69. The zero-order valence-corrected chi connectivity index (χ0v) is 10.3. The van der Waals surface area contributed by atoms with Gasteiger partial charge in [0.05, 0.1) is 17.2 Å². The molecule has 1 rings (SSSR count). The second-order valence-electron chi connectivity index (χ2n) is 3.40. The average Bonchev–Trinajstić information content (AvgIpc) is 2.34. The van der Waals surface area contributed by atoms with Crippen LogP contribution in [0.25, 0.3) is 0 Å². The van der Waals surface area contributed by atoms with Crippen molar-refractivity contribution in [2.45, 2.75) is 13.0 Å². The van der Waals surface area contributed by atoms with Gasteiger partial charge >= 0.3 is 0 Å². The third-order valence-electron chi connectivity index (χ3n) is 2.06. The van der Waals surface area contributed by atoms with E-state index in [0.29, 0.717) is 29.2 Å². The average molecular weight is 259 g/mol. The van der Waals surface area contributed by atoms with E-state index in [9.17, 15) is 9.90 Å². The summed E-state index contributed by atoms with van der Waals surface area (Å²) >= 11 is 5.90. The van der Waals surface area contributed by atoms with Crippen LogP contribution in [0.5, 0.6) is 5.75 Å². The van der Waals surface area contributed by atoms with Gasteiger partial charge in [-0.1, -0.05) is 17.7 Å². The Labute approximate surface area is 105 Å². The lowest BCUT2D eigenvalue weighted by Crippen LogP contribution is -2.23. The molecule has 0 spiro atoms. The van der Waals surface area contributed by atoms with Gasteiger partial charge in [0.25, 0.3) is 0 Å². The smallest absolute Gasteiger partial charge is 0.153 e. The number of hydrogen-bond acceptors (Lipinski definition) is 4. The van der Waals surface area contributed by atoms with Crippen LogP contribution in [0.3, 0.4) is 0 Å². The Morgan fingerprint density at radius 3 is 2.88 bits per heavy atom. The van der Waals surface area contributed by atoms with E-state index in [2.05, 4.69) is 0 Å². The fourth-order valence-corrected chi connectivity index (χ4v) is 1.49. The van der Waals surface area contributed by atoms with Gasteiger partial charge in [0.1, 0.15) is 18.5 Å². The van der Waals surface area contributed by atoms with Crippen molar-refractivity contribution >= 4 is 17.9 Å². The summed E-state index contributed by atoms with van der Waals surface area (Å²) < 4.78 is 10.4. The molecule has 0 aromatic heterocycles. The van der Waals surface area contributed by atoms with Gasteiger partial charge in [0, 0.05) is 6.61 Å². The number of benzene rings is 1. The van der Waals surface area contributed by atoms with Gasteiger partial charge in [-0.05, 0) is 19.1 Å². The number of rotatable bonds is 7. The largest absolute Gasteiger partial charge is 0.488 e. The van der Waals surface area contributed by atoms with E-state index >= 15 is 0 Å². The topological polar surface area (TPSA) is 55.8 Å². The number of carbonyl (C=O) groups excluding carboxylic acids is 1. The molecule has 0 saturated carbocycles. The van der Waals surface area contributed by atoms with Gasteiger partial charge in [-0.25, -0.2) is 0 Å². The molecule has 0 saturated heterocycles. The molecular weight excluding hydrogens is 244 g/mol. The summed E-state index contributed by atoms with van der Waals surface area (Å²) in [5, 5.41) is 9.86. The molecule has 4 nitrogen and oxygen atoms in total. The molecule has 0 heterocycles. The molecule has 1 atom stereocenters. The van der Waals surface area contributed by atoms with E-state index < -0.39 is 6.10 Å². The van der Waals surface area contributed by atoms with E-state index in [0.717, 1.165) is 0 Å². The van der Waals surface area contributed by atoms with Gasteiger partial charge in [0.15, 0.2) is 6.29 Å². The van der Waals surface area contributed by atoms with Crippen LogP contribution >= 0.6 is 11.6 Å². The summed E-state index contributed by atoms with van der Waals surface area (Å²) in [7, 11) is 0. The summed E-state index contributed by atoms with van der Waals surface area (Å²) in [4.78, 5) is 10.8. The highest BCUT2D eigenvalue weighted by Gasteiger charge is 2.11. The zero-order valence-electron chi connectivity index (χ0n) is 9.56. The summed E-state index contributed by atoms with van der Waals surface area (Å²) in [5.41, 5.74) is 0.362. The fourth-order valence-electron chi connectivity index (χ4n) is 1.25. The van der Waals surface area contributed by atoms with Crippen molar-refractivity contribution in [3.05, 3.63) is 28.8 Å². The Bertz CT molecular complexity index is 368. The zero-order chi connectivity index (χ0) is 12.7. The van der Waals surface area contributed by atoms with Crippen LogP contribution in [-0.4, -0.2) is 37.3 Å². The van der Waals surface area contributed by atoms with Crippen molar-refractivity contribution < 1.29 is 19.4 Å². The van der Waals surface area contributed by atoms with E-state index in [1.54, 1.807) is 18.2 Å². The number of aldehydes is 1. The Balaban J connectivity index is 2.59. The van der Waals surface area contributed by atoms with Crippen LogP contribution in [0.15, 0.2) is 18.2 Å². The molecule has 1 N–H and O–H groups in total. The summed E-state index contributed by atoms with van der Waals surface area (Å²) in [5.74, 6) is 0.291. The van der Waals surface area contributed by atoms with Crippen LogP contribution in [0.4, 0.5) is 0 Å². The van der Waals surface area contributed by atoms with Crippen LogP contribution in [0.2, 0.25) is 5.02 Å². The minimum absolute atomic E-state index is 0.0323. The molecule has 17 heavy (non-hydrogen) atoms. The van der Waals surface area contributed by atoms with Crippen molar-refractivity contribution in [1.29, 1.82) is 0 Å².